The molecule has 1 saturated heterocycles. The van der Waals surface area contributed by atoms with E-state index in [2.05, 4.69) is 35.9 Å². The molecular formula is C23H27N9O2. The van der Waals surface area contributed by atoms with Crippen molar-refractivity contribution < 1.29 is 9.63 Å². The van der Waals surface area contributed by atoms with Crippen LogP contribution in [0, 0.1) is 6.92 Å². The highest BCUT2D eigenvalue weighted by Crippen LogP contribution is 2.37. The van der Waals surface area contributed by atoms with Gasteiger partial charge < -0.3 is 25.2 Å². The molecular weight excluding hydrogens is 434 g/mol. The Hall–Kier alpha value is -3.99. The summed E-state index contributed by atoms with van der Waals surface area (Å²) in [4.78, 5) is 16.0. The normalized spacial score (nSPS) is 16.6. The highest BCUT2D eigenvalue weighted by Gasteiger charge is 2.32. The summed E-state index contributed by atoms with van der Waals surface area (Å²) >= 11 is 0. The summed E-state index contributed by atoms with van der Waals surface area (Å²) in [5, 5.41) is 27.5. The van der Waals surface area contributed by atoms with E-state index in [4.69, 9.17) is 14.5 Å². The van der Waals surface area contributed by atoms with E-state index in [1.165, 1.54) is 0 Å². The number of nitrogens with one attached hydrogen (secondary N) is 3. The van der Waals surface area contributed by atoms with E-state index in [0.717, 1.165) is 36.5 Å². The lowest BCUT2D eigenvalue weighted by Crippen LogP contribution is -2.25. The van der Waals surface area contributed by atoms with Gasteiger partial charge in [0.2, 0.25) is 5.95 Å². The fourth-order valence-electron chi connectivity index (χ4n) is 3.97. The van der Waals surface area contributed by atoms with Crippen LogP contribution in [-0.4, -0.2) is 54.6 Å². The number of H-pyrrole nitrogens is 1. The zero-order chi connectivity index (χ0) is 23.5. The van der Waals surface area contributed by atoms with Crippen LogP contribution < -0.4 is 15.5 Å². The zero-order valence-corrected chi connectivity index (χ0v) is 19.1. The molecule has 0 unspecified atom stereocenters. The van der Waals surface area contributed by atoms with Gasteiger partial charge in [-0.2, -0.15) is 15.1 Å². The first-order valence-electron chi connectivity index (χ1n) is 11.3. The highest BCUT2D eigenvalue weighted by molar-refractivity contribution is 5.60. The summed E-state index contributed by atoms with van der Waals surface area (Å²) in [6.45, 7) is 4.81. The van der Waals surface area contributed by atoms with Crippen molar-refractivity contribution in [2.45, 2.75) is 38.8 Å². The van der Waals surface area contributed by atoms with Crippen LogP contribution in [0.2, 0.25) is 0 Å². The summed E-state index contributed by atoms with van der Waals surface area (Å²) in [5.41, 5.74) is 2.41. The van der Waals surface area contributed by atoms with Gasteiger partial charge in [0.05, 0.1) is 17.8 Å². The average Bonchev–Trinajstić information content (AvgIpc) is 3.59. The summed E-state index contributed by atoms with van der Waals surface area (Å²) in [6, 6.07) is 11.3. The number of pyridine rings is 1. The van der Waals surface area contributed by atoms with E-state index in [-0.39, 0.29) is 6.04 Å². The second kappa shape index (κ2) is 9.48. The van der Waals surface area contributed by atoms with Gasteiger partial charge in [0.15, 0.2) is 11.6 Å². The van der Waals surface area contributed by atoms with E-state index in [1.54, 1.807) is 19.2 Å². The fraction of sp³-hybridized carbons (Fsp3) is 0.348. The maximum atomic E-state index is 9.72. The lowest BCUT2D eigenvalue weighted by atomic mass is 10.1. The van der Waals surface area contributed by atoms with Crippen molar-refractivity contribution in [2.75, 3.05) is 28.6 Å². The second-order valence-electron chi connectivity index (χ2n) is 8.41. The van der Waals surface area contributed by atoms with E-state index in [1.807, 2.05) is 37.3 Å². The first-order chi connectivity index (χ1) is 16.5. The van der Waals surface area contributed by atoms with Gasteiger partial charge in [-0.05, 0) is 38.8 Å². The van der Waals surface area contributed by atoms with Crippen LogP contribution in [0.25, 0.3) is 11.4 Å². The molecule has 1 aliphatic rings. The number of aliphatic hydroxyl groups is 1. The van der Waals surface area contributed by atoms with Crippen LogP contribution in [0.5, 0.6) is 0 Å². The first kappa shape index (κ1) is 21.8. The van der Waals surface area contributed by atoms with Crippen LogP contribution in [0.4, 0.5) is 23.4 Å². The molecule has 5 rings (SSSR count). The van der Waals surface area contributed by atoms with Crippen molar-refractivity contribution in [3.05, 3.63) is 54.0 Å². The smallest absolute Gasteiger partial charge is 0.229 e. The van der Waals surface area contributed by atoms with Gasteiger partial charge in [-0.1, -0.05) is 11.2 Å². The number of nitrogens with zero attached hydrogens (tertiary/aromatic N) is 6. The Morgan fingerprint density at radius 2 is 2.06 bits per heavy atom. The standard InChI is InChI=1S/C23H27N9O2/c1-14-10-22(30-29-14)26-21-12-20(25-13-15(2)33)27-23(28-21)32-9-5-7-18(32)19-11-17(31-34-19)16-6-3-4-8-24-16/h3-4,6,8,10-12,15,18,33H,5,7,9,13H2,1-2H3,(H3,25,26,27,28,29,30)/t15-,18-/m0/s1. The molecule has 0 bridgehead atoms. The molecule has 4 aromatic rings. The molecule has 11 nitrogen and oxygen atoms in total. The topological polar surface area (TPSA) is 141 Å². The van der Waals surface area contributed by atoms with E-state index < -0.39 is 6.10 Å². The molecule has 0 radical (unpaired) electrons. The second-order valence-corrected chi connectivity index (χ2v) is 8.41. The van der Waals surface area contributed by atoms with Crippen molar-refractivity contribution in [1.82, 2.24) is 30.3 Å². The fourth-order valence-corrected chi connectivity index (χ4v) is 3.97. The third-order valence-corrected chi connectivity index (χ3v) is 5.55. The minimum absolute atomic E-state index is 0.0440. The molecule has 4 N–H and O–H groups in total. The van der Waals surface area contributed by atoms with Crippen LogP contribution >= 0.6 is 0 Å². The number of anilines is 4. The summed E-state index contributed by atoms with van der Waals surface area (Å²) in [6.07, 6.45) is 3.09. The molecule has 5 heterocycles. The predicted octanol–water partition coefficient (Wildman–Crippen LogP) is 3.44. The van der Waals surface area contributed by atoms with Gasteiger partial charge >= 0.3 is 0 Å². The zero-order valence-electron chi connectivity index (χ0n) is 19.1. The Kier molecular flexibility index (Phi) is 6.09. The van der Waals surface area contributed by atoms with Crippen LogP contribution in [0.15, 0.2) is 47.1 Å². The number of rotatable bonds is 8. The van der Waals surface area contributed by atoms with Crippen molar-refractivity contribution in [2.24, 2.45) is 0 Å². The quantitative estimate of drug-likeness (QED) is 0.308. The van der Waals surface area contributed by atoms with Gasteiger partial charge in [0.1, 0.15) is 17.3 Å². The van der Waals surface area contributed by atoms with Crippen molar-refractivity contribution in [1.29, 1.82) is 0 Å². The largest absolute Gasteiger partial charge is 0.392 e. The molecule has 4 aromatic heterocycles. The average molecular weight is 462 g/mol. The molecule has 0 amide bonds. The summed E-state index contributed by atoms with van der Waals surface area (Å²) in [5.74, 6) is 3.18. The maximum Gasteiger partial charge on any atom is 0.229 e. The number of hydrogen-bond donors (Lipinski definition) is 4. The Morgan fingerprint density at radius 1 is 1.18 bits per heavy atom. The molecule has 176 valence electrons. The lowest BCUT2D eigenvalue weighted by Gasteiger charge is -2.23. The Bertz CT molecular complexity index is 1240. The van der Waals surface area contributed by atoms with Crippen molar-refractivity contribution in [3.8, 4) is 11.4 Å². The predicted molar refractivity (Wildman–Crippen MR) is 128 cm³/mol. The van der Waals surface area contributed by atoms with Crippen molar-refractivity contribution in [3.63, 3.8) is 0 Å². The van der Waals surface area contributed by atoms with Crippen LogP contribution in [0.3, 0.4) is 0 Å². The Morgan fingerprint density at radius 3 is 2.82 bits per heavy atom. The molecule has 1 fully saturated rings. The minimum Gasteiger partial charge on any atom is -0.392 e. The van der Waals surface area contributed by atoms with Gasteiger partial charge in [0, 0.05) is 43.2 Å². The first-order valence-corrected chi connectivity index (χ1v) is 11.3. The summed E-state index contributed by atoms with van der Waals surface area (Å²) < 4.78 is 5.73. The van der Waals surface area contributed by atoms with Gasteiger partial charge in [-0.3, -0.25) is 10.1 Å². The Labute approximate surface area is 196 Å². The molecule has 11 heteroatoms. The van der Waals surface area contributed by atoms with E-state index in [9.17, 15) is 5.11 Å². The summed E-state index contributed by atoms with van der Waals surface area (Å²) in [7, 11) is 0. The molecule has 2 atom stereocenters. The van der Waals surface area contributed by atoms with Crippen LogP contribution in [-0.2, 0) is 0 Å². The number of aryl methyl sites for hydroxylation is 1. The third-order valence-electron chi connectivity index (χ3n) is 5.55. The van der Waals surface area contributed by atoms with Crippen LogP contribution in [0.1, 0.15) is 37.3 Å². The monoisotopic (exact) mass is 461 g/mol. The number of aromatic nitrogens is 6. The number of aliphatic hydroxyl groups excluding tert-OH is 1. The van der Waals surface area contributed by atoms with E-state index >= 15 is 0 Å². The van der Waals surface area contributed by atoms with Gasteiger partial charge in [0.25, 0.3) is 0 Å². The maximum absolute atomic E-state index is 9.72. The minimum atomic E-state index is -0.512. The lowest BCUT2D eigenvalue weighted by molar-refractivity contribution is 0.208. The number of hydrogen-bond acceptors (Lipinski definition) is 10. The molecule has 0 spiro atoms. The third kappa shape index (κ3) is 4.84. The SMILES string of the molecule is Cc1cc(Nc2cc(NC[C@H](C)O)nc(N3CCC[C@H]3c3cc(-c4ccccn4)no3)n2)n[nH]1. The molecule has 34 heavy (non-hydrogen) atoms. The molecule has 0 aliphatic carbocycles. The molecule has 0 saturated carbocycles. The highest BCUT2D eigenvalue weighted by atomic mass is 16.5. The Balaban J connectivity index is 1.44. The van der Waals surface area contributed by atoms with Gasteiger partial charge in [-0.25, -0.2) is 0 Å². The van der Waals surface area contributed by atoms with Gasteiger partial charge in [-0.15, -0.1) is 0 Å². The van der Waals surface area contributed by atoms with Crippen molar-refractivity contribution >= 4 is 23.4 Å². The number of aromatic amines is 1. The molecule has 1 aliphatic heterocycles. The van der Waals surface area contributed by atoms with E-state index in [0.29, 0.717) is 35.6 Å². The molecule has 0 aromatic carbocycles.